The van der Waals surface area contributed by atoms with E-state index in [1.807, 2.05) is 19.1 Å². The summed E-state index contributed by atoms with van der Waals surface area (Å²) in [4.78, 5) is 24.7. The molecule has 1 aliphatic rings. The number of nitrogens with one attached hydrogen (secondary N) is 1. The number of carbonyl (C=O) groups is 2. The predicted molar refractivity (Wildman–Crippen MR) is 86.2 cm³/mol. The van der Waals surface area contributed by atoms with Crippen LogP contribution in [0.1, 0.15) is 33.1 Å². The quantitative estimate of drug-likeness (QED) is 0.656. The SMILES string of the molecule is CC[C@@H](C)OC(=O)[C@H]1CC=CC[C@@H]1C(=O)Nc1ccc(F)cc1F. The average molecular weight is 337 g/mol. The number of amides is 1. The molecule has 1 aliphatic carbocycles. The van der Waals surface area contributed by atoms with Crippen LogP contribution < -0.4 is 5.32 Å². The molecule has 0 fully saturated rings. The fourth-order valence-electron chi connectivity index (χ4n) is 2.55. The van der Waals surface area contributed by atoms with Gasteiger partial charge >= 0.3 is 5.97 Å². The Morgan fingerprint density at radius 3 is 2.54 bits per heavy atom. The number of rotatable bonds is 5. The van der Waals surface area contributed by atoms with Crippen LogP contribution in [0.2, 0.25) is 0 Å². The summed E-state index contributed by atoms with van der Waals surface area (Å²) in [5.41, 5.74) is -0.106. The van der Waals surface area contributed by atoms with Gasteiger partial charge in [0.05, 0.1) is 23.6 Å². The van der Waals surface area contributed by atoms with Crippen LogP contribution in [-0.2, 0) is 14.3 Å². The maximum Gasteiger partial charge on any atom is 0.310 e. The lowest BCUT2D eigenvalue weighted by Gasteiger charge is -2.27. The van der Waals surface area contributed by atoms with Crippen LogP contribution in [0.25, 0.3) is 0 Å². The molecule has 0 aromatic heterocycles. The van der Waals surface area contributed by atoms with Crippen molar-refractivity contribution in [2.45, 2.75) is 39.2 Å². The number of carbonyl (C=O) groups excluding carboxylic acids is 2. The van der Waals surface area contributed by atoms with Gasteiger partial charge in [0.15, 0.2) is 0 Å². The highest BCUT2D eigenvalue weighted by Crippen LogP contribution is 2.29. The minimum Gasteiger partial charge on any atom is -0.462 e. The Morgan fingerprint density at radius 2 is 1.92 bits per heavy atom. The summed E-state index contributed by atoms with van der Waals surface area (Å²) in [5.74, 6) is -3.72. The van der Waals surface area contributed by atoms with Crippen LogP contribution in [-0.4, -0.2) is 18.0 Å². The number of allylic oxidation sites excluding steroid dienone is 2. The number of anilines is 1. The van der Waals surface area contributed by atoms with E-state index in [1.54, 1.807) is 6.92 Å². The van der Waals surface area contributed by atoms with Crippen molar-refractivity contribution < 1.29 is 23.1 Å². The zero-order chi connectivity index (χ0) is 17.7. The fraction of sp³-hybridized carbons (Fsp3) is 0.444. The van der Waals surface area contributed by atoms with Crippen molar-refractivity contribution in [2.24, 2.45) is 11.8 Å². The highest BCUT2D eigenvalue weighted by Gasteiger charge is 2.36. The van der Waals surface area contributed by atoms with Crippen molar-refractivity contribution in [1.29, 1.82) is 0 Å². The Labute approximate surface area is 139 Å². The van der Waals surface area contributed by atoms with Crippen LogP contribution in [0.5, 0.6) is 0 Å². The molecule has 2 rings (SSSR count). The second-order valence-electron chi connectivity index (χ2n) is 5.92. The van der Waals surface area contributed by atoms with E-state index in [9.17, 15) is 18.4 Å². The molecule has 1 N–H and O–H groups in total. The molecule has 0 unspecified atom stereocenters. The molecule has 0 saturated heterocycles. The van der Waals surface area contributed by atoms with Gasteiger partial charge in [0, 0.05) is 6.07 Å². The Balaban J connectivity index is 2.10. The molecule has 3 atom stereocenters. The van der Waals surface area contributed by atoms with Crippen LogP contribution in [0.15, 0.2) is 30.4 Å². The number of hydrogen-bond donors (Lipinski definition) is 1. The number of ether oxygens (including phenoxy) is 1. The summed E-state index contributed by atoms with van der Waals surface area (Å²) in [6, 6.07) is 2.92. The Morgan fingerprint density at radius 1 is 1.25 bits per heavy atom. The molecule has 0 bridgehead atoms. The summed E-state index contributed by atoms with van der Waals surface area (Å²) < 4.78 is 32.0. The van der Waals surface area contributed by atoms with E-state index in [-0.39, 0.29) is 11.8 Å². The van der Waals surface area contributed by atoms with Gasteiger partial charge in [0.1, 0.15) is 11.6 Å². The first kappa shape index (κ1) is 18.1. The molecular weight excluding hydrogens is 316 g/mol. The molecule has 1 amide bonds. The molecule has 1 aromatic carbocycles. The average Bonchev–Trinajstić information content (AvgIpc) is 2.57. The van der Waals surface area contributed by atoms with Gasteiger partial charge in [-0.1, -0.05) is 19.1 Å². The Bertz CT molecular complexity index is 645. The maximum atomic E-state index is 13.7. The molecule has 1 aromatic rings. The molecule has 0 radical (unpaired) electrons. The maximum absolute atomic E-state index is 13.7. The minimum absolute atomic E-state index is 0.106. The third-order valence-electron chi connectivity index (χ3n) is 4.15. The van der Waals surface area contributed by atoms with Crippen LogP contribution >= 0.6 is 0 Å². The van der Waals surface area contributed by atoms with Crippen molar-refractivity contribution in [3.8, 4) is 0 Å². The van der Waals surface area contributed by atoms with Gasteiger partial charge in [0.2, 0.25) is 5.91 Å². The van der Waals surface area contributed by atoms with E-state index in [0.717, 1.165) is 12.1 Å². The molecule has 0 aliphatic heterocycles. The van der Waals surface area contributed by atoms with E-state index in [2.05, 4.69) is 5.32 Å². The van der Waals surface area contributed by atoms with Gasteiger partial charge < -0.3 is 10.1 Å². The fourth-order valence-corrected chi connectivity index (χ4v) is 2.55. The van der Waals surface area contributed by atoms with Gasteiger partial charge in [-0.15, -0.1) is 0 Å². The molecule has 24 heavy (non-hydrogen) atoms. The Hall–Kier alpha value is -2.24. The van der Waals surface area contributed by atoms with Crippen molar-refractivity contribution in [3.05, 3.63) is 42.0 Å². The van der Waals surface area contributed by atoms with Crippen molar-refractivity contribution in [1.82, 2.24) is 0 Å². The zero-order valence-corrected chi connectivity index (χ0v) is 13.7. The van der Waals surface area contributed by atoms with Crippen LogP contribution in [0, 0.1) is 23.5 Å². The van der Waals surface area contributed by atoms with Gasteiger partial charge in [-0.05, 0) is 38.3 Å². The first-order valence-electron chi connectivity index (χ1n) is 8.03. The standard InChI is InChI=1S/C18H21F2NO3/c1-3-11(2)24-18(23)14-7-5-4-6-13(14)17(22)21-16-9-8-12(19)10-15(16)20/h4-5,8-11,13-14H,3,6-7H2,1-2H3,(H,21,22)/t11-,13+,14+/m1/s1. The molecule has 4 nitrogen and oxygen atoms in total. The smallest absolute Gasteiger partial charge is 0.310 e. The normalized spacial score (nSPS) is 21.2. The molecule has 0 saturated carbocycles. The number of halogens is 2. The third kappa shape index (κ3) is 4.40. The van der Waals surface area contributed by atoms with Crippen molar-refractivity contribution in [3.63, 3.8) is 0 Å². The number of esters is 1. The van der Waals surface area contributed by atoms with Crippen molar-refractivity contribution in [2.75, 3.05) is 5.32 Å². The lowest BCUT2D eigenvalue weighted by molar-refractivity contribution is -0.157. The first-order chi connectivity index (χ1) is 11.4. The summed E-state index contributed by atoms with van der Waals surface area (Å²) >= 11 is 0. The summed E-state index contributed by atoms with van der Waals surface area (Å²) in [6.07, 6.45) is 4.89. The van der Waals surface area contributed by atoms with Crippen LogP contribution in [0.3, 0.4) is 0 Å². The molecule has 0 spiro atoms. The van der Waals surface area contributed by atoms with Gasteiger partial charge in [-0.3, -0.25) is 9.59 Å². The summed E-state index contributed by atoms with van der Waals surface area (Å²) in [5, 5.41) is 2.44. The minimum atomic E-state index is -0.853. The largest absolute Gasteiger partial charge is 0.462 e. The van der Waals surface area contributed by atoms with Crippen molar-refractivity contribution >= 4 is 17.6 Å². The van der Waals surface area contributed by atoms with Crippen LogP contribution in [0.4, 0.5) is 14.5 Å². The van der Waals surface area contributed by atoms with E-state index < -0.39 is 35.3 Å². The third-order valence-corrected chi connectivity index (χ3v) is 4.15. The van der Waals surface area contributed by atoms with E-state index >= 15 is 0 Å². The van der Waals surface area contributed by atoms with E-state index in [4.69, 9.17) is 4.74 Å². The number of hydrogen-bond acceptors (Lipinski definition) is 3. The van der Waals surface area contributed by atoms with Gasteiger partial charge in [0.25, 0.3) is 0 Å². The highest BCUT2D eigenvalue weighted by atomic mass is 19.1. The highest BCUT2D eigenvalue weighted by molar-refractivity contribution is 5.95. The molecule has 130 valence electrons. The summed E-state index contributed by atoms with van der Waals surface area (Å²) in [7, 11) is 0. The lowest BCUT2D eigenvalue weighted by atomic mass is 9.82. The predicted octanol–water partition coefficient (Wildman–Crippen LogP) is 3.83. The zero-order valence-electron chi connectivity index (χ0n) is 13.7. The lowest BCUT2D eigenvalue weighted by Crippen LogP contribution is -2.36. The second-order valence-corrected chi connectivity index (χ2v) is 5.92. The molecule has 0 heterocycles. The second kappa shape index (κ2) is 8.04. The topological polar surface area (TPSA) is 55.4 Å². The van der Waals surface area contributed by atoms with E-state index in [0.29, 0.717) is 25.3 Å². The Kier molecular flexibility index (Phi) is 6.06. The number of benzene rings is 1. The summed E-state index contributed by atoms with van der Waals surface area (Å²) in [6.45, 7) is 3.69. The molecular formula is C18H21F2NO3. The monoisotopic (exact) mass is 337 g/mol. The molecule has 6 heteroatoms. The van der Waals surface area contributed by atoms with E-state index in [1.165, 1.54) is 0 Å². The van der Waals surface area contributed by atoms with Gasteiger partial charge in [-0.25, -0.2) is 8.78 Å². The first-order valence-corrected chi connectivity index (χ1v) is 8.03. The van der Waals surface area contributed by atoms with Gasteiger partial charge in [-0.2, -0.15) is 0 Å².